The Morgan fingerprint density at radius 1 is 1.24 bits per heavy atom. The summed E-state index contributed by atoms with van der Waals surface area (Å²) in [6, 6.07) is 15.1. The first-order valence-corrected chi connectivity index (χ1v) is 7.95. The number of hydrogen-bond acceptors (Lipinski definition) is 3. The Labute approximate surface area is 133 Å². The second-order valence-electron chi connectivity index (χ2n) is 4.67. The summed E-state index contributed by atoms with van der Waals surface area (Å²) in [7, 11) is 0. The molecule has 0 aromatic heterocycles. The van der Waals surface area contributed by atoms with Crippen LogP contribution in [0.3, 0.4) is 0 Å². The third-order valence-corrected chi connectivity index (χ3v) is 4.27. The monoisotopic (exact) mass is 320 g/mol. The molecule has 2 aromatic rings. The fourth-order valence-electron chi connectivity index (χ4n) is 1.77. The maximum absolute atomic E-state index is 11.9. The summed E-state index contributed by atoms with van der Waals surface area (Å²) in [5, 5.41) is 3.34. The van der Waals surface area contributed by atoms with Gasteiger partial charge in [0.1, 0.15) is 0 Å². The van der Waals surface area contributed by atoms with Crippen LogP contribution in [0.2, 0.25) is 5.02 Å². The standard InChI is InChI=1S/C16H17ClN2OS/c1-11(18)12-6-8-13(9-7-12)21-10-16(20)19-15-5-3-2-4-14(15)17/h2-9,11H,10,18H2,1H3,(H,19,20). The van der Waals surface area contributed by atoms with Gasteiger partial charge in [0.25, 0.3) is 0 Å². The van der Waals surface area contributed by atoms with Gasteiger partial charge in [-0.3, -0.25) is 4.79 Å². The van der Waals surface area contributed by atoms with Gasteiger partial charge in [-0.05, 0) is 36.8 Å². The maximum Gasteiger partial charge on any atom is 0.234 e. The van der Waals surface area contributed by atoms with Crippen molar-refractivity contribution in [3.05, 3.63) is 59.1 Å². The first kappa shape index (κ1) is 15.9. The molecular formula is C16H17ClN2OS. The Kier molecular flexibility index (Phi) is 5.67. The van der Waals surface area contributed by atoms with E-state index in [0.29, 0.717) is 16.5 Å². The minimum Gasteiger partial charge on any atom is -0.324 e. The van der Waals surface area contributed by atoms with E-state index in [-0.39, 0.29) is 11.9 Å². The van der Waals surface area contributed by atoms with E-state index in [1.807, 2.05) is 43.3 Å². The SMILES string of the molecule is CC(N)c1ccc(SCC(=O)Nc2ccccc2Cl)cc1. The summed E-state index contributed by atoms with van der Waals surface area (Å²) in [6.07, 6.45) is 0. The molecule has 1 amide bonds. The van der Waals surface area contributed by atoms with Crippen LogP contribution in [-0.4, -0.2) is 11.7 Å². The van der Waals surface area contributed by atoms with Crippen molar-refractivity contribution in [1.29, 1.82) is 0 Å². The average molecular weight is 321 g/mol. The van der Waals surface area contributed by atoms with Crippen LogP contribution in [-0.2, 0) is 4.79 Å². The summed E-state index contributed by atoms with van der Waals surface area (Å²) in [4.78, 5) is 12.9. The number of anilines is 1. The van der Waals surface area contributed by atoms with E-state index < -0.39 is 0 Å². The van der Waals surface area contributed by atoms with Gasteiger partial charge in [-0.15, -0.1) is 11.8 Å². The molecule has 1 unspecified atom stereocenters. The number of halogens is 1. The van der Waals surface area contributed by atoms with E-state index in [4.69, 9.17) is 17.3 Å². The average Bonchev–Trinajstić information content (AvgIpc) is 2.48. The maximum atomic E-state index is 11.9. The van der Waals surface area contributed by atoms with E-state index in [1.165, 1.54) is 11.8 Å². The number of benzene rings is 2. The van der Waals surface area contributed by atoms with E-state index in [2.05, 4.69) is 5.32 Å². The second kappa shape index (κ2) is 7.50. The summed E-state index contributed by atoms with van der Waals surface area (Å²) >= 11 is 7.48. The van der Waals surface area contributed by atoms with E-state index >= 15 is 0 Å². The molecule has 0 spiro atoms. The Morgan fingerprint density at radius 3 is 2.52 bits per heavy atom. The molecule has 0 radical (unpaired) electrons. The number of amides is 1. The van der Waals surface area contributed by atoms with Gasteiger partial charge in [0.2, 0.25) is 5.91 Å². The van der Waals surface area contributed by atoms with Crippen molar-refractivity contribution in [3.8, 4) is 0 Å². The van der Waals surface area contributed by atoms with Gasteiger partial charge in [0.05, 0.1) is 16.5 Å². The van der Waals surface area contributed by atoms with Crippen LogP contribution in [0.5, 0.6) is 0 Å². The molecule has 0 aliphatic rings. The highest BCUT2D eigenvalue weighted by Gasteiger charge is 2.06. The van der Waals surface area contributed by atoms with Crippen molar-refractivity contribution in [3.63, 3.8) is 0 Å². The molecule has 3 nitrogen and oxygen atoms in total. The highest BCUT2D eigenvalue weighted by Crippen LogP contribution is 2.23. The van der Waals surface area contributed by atoms with Gasteiger partial charge < -0.3 is 11.1 Å². The molecule has 2 rings (SSSR count). The van der Waals surface area contributed by atoms with Crippen molar-refractivity contribution in [2.75, 3.05) is 11.1 Å². The topological polar surface area (TPSA) is 55.1 Å². The summed E-state index contributed by atoms with van der Waals surface area (Å²) < 4.78 is 0. The fraction of sp³-hybridized carbons (Fsp3) is 0.188. The molecule has 0 fully saturated rings. The van der Waals surface area contributed by atoms with Crippen LogP contribution in [0, 0.1) is 0 Å². The number of nitrogens with two attached hydrogens (primary N) is 1. The molecule has 0 aliphatic carbocycles. The van der Waals surface area contributed by atoms with Crippen molar-refractivity contribution < 1.29 is 4.79 Å². The third-order valence-electron chi connectivity index (χ3n) is 2.92. The summed E-state index contributed by atoms with van der Waals surface area (Å²) in [5.41, 5.74) is 7.52. The predicted molar refractivity (Wildman–Crippen MR) is 89.9 cm³/mol. The first-order valence-electron chi connectivity index (χ1n) is 6.59. The van der Waals surface area contributed by atoms with Gasteiger partial charge in [0.15, 0.2) is 0 Å². The van der Waals surface area contributed by atoms with Crippen LogP contribution >= 0.6 is 23.4 Å². The number of hydrogen-bond donors (Lipinski definition) is 2. The minimum absolute atomic E-state index is 0.0209. The summed E-state index contributed by atoms with van der Waals surface area (Å²) in [5.74, 6) is 0.257. The zero-order valence-electron chi connectivity index (χ0n) is 11.7. The Balaban J connectivity index is 1.88. The van der Waals surface area contributed by atoms with Crippen LogP contribution < -0.4 is 11.1 Å². The van der Waals surface area contributed by atoms with Gasteiger partial charge in [-0.1, -0.05) is 35.9 Å². The second-order valence-corrected chi connectivity index (χ2v) is 6.13. The number of para-hydroxylation sites is 1. The molecule has 110 valence electrons. The molecule has 0 saturated carbocycles. The van der Waals surface area contributed by atoms with Crippen molar-refractivity contribution >= 4 is 35.0 Å². The van der Waals surface area contributed by atoms with Crippen molar-refractivity contribution in [1.82, 2.24) is 0 Å². The molecule has 21 heavy (non-hydrogen) atoms. The van der Waals surface area contributed by atoms with Gasteiger partial charge in [0, 0.05) is 10.9 Å². The molecule has 0 saturated heterocycles. The molecular weight excluding hydrogens is 304 g/mol. The lowest BCUT2D eigenvalue weighted by atomic mass is 10.1. The van der Waals surface area contributed by atoms with E-state index in [9.17, 15) is 4.79 Å². The smallest absolute Gasteiger partial charge is 0.234 e. The van der Waals surface area contributed by atoms with Crippen LogP contribution in [0.25, 0.3) is 0 Å². The van der Waals surface area contributed by atoms with Gasteiger partial charge in [-0.2, -0.15) is 0 Å². The number of carbonyl (C=O) groups excluding carboxylic acids is 1. The zero-order valence-corrected chi connectivity index (χ0v) is 13.2. The number of nitrogens with one attached hydrogen (secondary N) is 1. The van der Waals surface area contributed by atoms with Gasteiger partial charge in [-0.25, -0.2) is 0 Å². The molecule has 2 aromatic carbocycles. The lowest BCUT2D eigenvalue weighted by Gasteiger charge is -2.08. The Hall–Kier alpha value is -1.49. The molecule has 0 heterocycles. The lowest BCUT2D eigenvalue weighted by molar-refractivity contribution is -0.113. The zero-order chi connectivity index (χ0) is 15.2. The highest BCUT2D eigenvalue weighted by atomic mass is 35.5. The molecule has 0 bridgehead atoms. The lowest BCUT2D eigenvalue weighted by Crippen LogP contribution is -2.14. The van der Waals surface area contributed by atoms with E-state index in [1.54, 1.807) is 12.1 Å². The third kappa shape index (κ3) is 4.77. The summed E-state index contributed by atoms with van der Waals surface area (Å²) in [6.45, 7) is 1.94. The highest BCUT2D eigenvalue weighted by molar-refractivity contribution is 8.00. The Morgan fingerprint density at radius 2 is 1.90 bits per heavy atom. The van der Waals surface area contributed by atoms with Crippen molar-refractivity contribution in [2.45, 2.75) is 17.9 Å². The predicted octanol–water partition coefficient (Wildman–Crippen LogP) is 4.09. The van der Waals surface area contributed by atoms with Crippen LogP contribution in [0.1, 0.15) is 18.5 Å². The molecule has 3 N–H and O–H groups in total. The van der Waals surface area contributed by atoms with E-state index in [0.717, 1.165) is 10.5 Å². The largest absolute Gasteiger partial charge is 0.324 e. The van der Waals surface area contributed by atoms with Crippen LogP contribution in [0.4, 0.5) is 5.69 Å². The first-order chi connectivity index (χ1) is 10.1. The fourth-order valence-corrected chi connectivity index (χ4v) is 2.65. The van der Waals surface area contributed by atoms with Gasteiger partial charge >= 0.3 is 0 Å². The number of thioether (sulfide) groups is 1. The molecule has 5 heteroatoms. The molecule has 0 aliphatic heterocycles. The normalized spacial score (nSPS) is 12.0. The van der Waals surface area contributed by atoms with Crippen molar-refractivity contribution in [2.24, 2.45) is 5.73 Å². The minimum atomic E-state index is -0.0793. The number of carbonyl (C=O) groups is 1. The number of rotatable bonds is 5. The van der Waals surface area contributed by atoms with Crippen LogP contribution in [0.15, 0.2) is 53.4 Å². The quantitative estimate of drug-likeness (QED) is 0.816. The molecule has 1 atom stereocenters. The Bertz CT molecular complexity index is 614.